The average Bonchev–Trinajstić information content (AvgIpc) is 3.14. The monoisotopic (exact) mass is 384 g/mol. The van der Waals surface area contributed by atoms with Gasteiger partial charge >= 0.3 is 0 Å². The molecule has 0 fully saturated rings. The summed E-state index contributed by atoms with van der Waals surface area (Å²) in [5, 5.41) is 4.56. The number of para-hydroxylation sites is 1. The van der Waals surface area contributed by atoms with Crippen molar-refractivity contribution in [2.24, 2.45) is 0 Å². The van der Waals surface area contributed by atoms with Crippen molar-refractivity contribution in [3.63, 3.8) is 0 Å². The first-order valence-electron chi connectivity index (χ1n) is 8.65. The van der Waals surface area contributed by atoms with Crippen LogP contribution in [0.2, 0.25) is 5.02 Å². The van der Waals surface area contributed by atoms with E-state index in [2.05, 4.69) is 5.16 Å². The second kappa shape index (κ2) is 8.27. The molecular weight excluding hydrogens is 364 g/mol. The summed E-state index contributed by atoms with van der Waals surface area (Å²) in [6.07, 6.45) is 0. The summed E-state index contributed by atoms with van der Waals surface area (Å²) < 4.78 is 10.9. The van der Waals surface area contributed by atoms with Crippen LogP contribution >= 0.6 is 11.6 Å². The number of ether oxygens (including phenoxy) is 1. The van der Waals surface area contributed by atoms with Gasteiger partial charge in [0.05, 0.1) is 29.8 Å². The first kappa shape index (κ1) is 19.0. The Hall–Kier alpha value is -2.79. The lowest BCUT2D eigenvalue weighted by molar-refractivity contribution is 0.0686. The van der Waals surface area contributed by atoms with Gasteiger partial charge in [-0.25, -0.2) is 0 Å². The zero-order valence-corrected chi connectivity index (χ0v) is 16.2. The number of carbonyl (C=O) groups is 1. The number of amides is 1. The van der Waals surface area contributed by atoms with E-state index in [-0.39, 0.29) is 11.9 Å². The lowest BCUT2D eigenvalue weighted by Gasteiger charge is -2.26. The number of benzene rings is 2. The van der Waals surface area contributed by atoms with E-state index < -0.39 is 0 Å². The predicted molar refractivity (Wildman–Crippen MR) is 105 cm³/mol. The summed E-state index contributed by atoms with van der Waals surface area (Å²) in [6, 6.07) is 16.4. The number of aromatic nitrogens is 1. The van der Waals surface area contributed by atoms with Crippen molar-refractivity contribution in [1.29, 1.82) is 0 Å². The maximum atomic E-state index is 13.0. The molecule has 3 aromatic rings. The minimum atomic E-state index is -0.141. The maximum Gasteiger partial charge on any atom is 0.255 e. The largest absolute Gasteiger partial charge is 0.496 e. The molecule has 0 saturated carbocycles. The molecule has 5 nitrogen and oxygen atoms in total. The van der Waals surface area contributed by atoms with Gasteiger partial charge in [0.15, 0.2) is 5.76 Å². The van der Waals surface area contributed by atoms with Gasteiger partial charge in [0.2, 0.25) is 0 Å². The molecule has 3 rings (SSSR count). The molecule has 0 N–H and O–H groups in total. The van der Waals surface area contributed by atoms with Crippen LogP contribution in [-0.2, 0) is 6.54 Å². The second-order valence-corrected chi connectivity index (χ2v) is 6.80. The van der Waals surface area contributed by atoms with E-state index in [1.807, 2.05) is 44.2 Å². The van der Waals surface area contributed by atoms with Crippen LogP contribution in [0.15, 0.2) is 59.1 Å². The Morgan fingerprint density at radius 2 is 1.89 bits per heavy atom. The number of nitrogens with zero attached hydrogens (tertiary/aromatic N) is 2. The molecule has 1 amide bonds. The average molecular weight is 385 g/mol. The zero-order valence-electron chi connectivity index (χ0n) is 15.5. The van der Waals surface area contributed by atoms with Crippen molar-refractivity contribution in [2.75, 3.05) is 7.11 Å². The summed E-state index contributed by atoms with van der Waals surface area (Å²) in [7, 11) is 1.61. The molecule has 0 atom stereocenters. The summed E-state index contributed by atoms with van der Waals surface area (Å²) >= 11 is 6.19. The van der Waals surface area contributed by atoms with E-state index in [4.69, 9.17) is 20.9 Å². The fraction of sp³-hybridized carbons (Fsp3) is 0.238. The third-order valence-corrected chi connectivity index (χ3v) is 4.58. The van der Waals surface area contributed by atoms with Crippen LogP contribution in [0.25, 0.3) is 11.3 Å². The third kappa shape index (κ3) is 4.14. The summed E-state index contributed by atoms with van der Waals surface area (Å²) in [5.74, 6) is 1.15. The van der Waals surface area contributed by atoms with Crippen molar-refractivity contribution < 1.29 is 14.1 Å². The molecule has 140 valence electrons. The Morgan fingerprint density at radius 3 is 2.59 bits per heavy atom. The molecule has 0 aliphatic carbocycles. The fourth-order valence-corrected chi connectivity index (χ4v) is 3.03. The summed E-state index contributed by atoms with van der Waals surface area (Å²) in [4.78, 5) is 14.7. The Morgan fingerprint density at radius 1 is 1.19 bits per heavy atom. The number of hydrogen-bond acceptors (Lipinski definition) is 4. The van der Waals surface area contributed by atoms with Crippen molar-refractivity contribution in [2.45, 2.75) is 26.4 Å². The van der Waals surface area contributed by atoms with Gasteiger partial charge in [-0.3, -0.25) is 4.79 Å². The number of hydrogen-bond donors (Lipinski definition) is 0. The molecule has 6 heteroatoms. The van der Waals surface area contributed by atoms with Gasteiger partial charge in [0.1, 0.15) is 11.4 Å². The predicted octanol–water partition coefficient (Wildman–Crippen LogP) is 5.05. The molecule has 0 aliphatic heterocycles. The van der Waals surface area contributed by atoms with E-state index >= 15 is 0 Å². The van der Waals surface area contributed by atoms with Crippen molar-refractivity contribution in [1.82, 2.24) is 10.1 Å². The maximum absolute atomic E-state index is 13.0. The molecule has 27 heavy (non-hydrogen) atoms. The first-order chi connectivity index (χ1) is 13.0. The van der Waals surface area contributed by atoms with Crippen molar-refractivity contribution in [3.05, 3.63) is 70.9 Å². The van der Waals surface area contributed by atoms with Gasteiger partial charge in [-0.05, 0) is 38.1 Å². The van der Waals surface area contributed by atoms with Gasteiger partial charge in [-0.2, -0.15) is 0 Å². The van der Waals surface area contributed by atoms with Crippen LogP contribution in [0.4, 0.5) is 0 Å². The molecule has 0 spiro atoms. The van der Waals surface area contributed by atoms with Gasteiger partial charge < -0.3 is 14.2 Å². The van der Waals surface area contributed by atoms with Crippen LogP contribution in [0.5, 0.6) is 5.75 Å². The molecule has 1 heterocycles. The summed E-state index contributed by atoms with van der Waals surface area (Å²) in [5.41, 5.74) is 1.94. The van der Waals surface area contributed by atoms with Gasteiger partial charge in [0.25, 0.3) is 5.91 Å². The van der Waals surface area contributed by atoms with Crippen LogP contribution in [0, 0.1) is 0 Å². The zero-order chi connectivity index (χ0) is 19.4. The molecule has 0 bridgehead atoms. The smallest absolute Gasteiger partial charge is 0.255 e. The Labute approximate surface area is 163 Å². The van der Waals surface area contributed by atoms with E-state index in [1.165, 1.54) is 0 Å². The van der Waals surface area contributed by atoms with Crippen LogP contribution in [-0.4, -0.2) is 29.1 Å². The van der Waals surface area contributed by atoms with Crippen molar-refractivity contribution >= 4 is 17.5 Å². The van der Waals surface area contributed by atoms with Crippen LogP contribution in [0.3, 0.4) is 0 Å². The Balaban J connectivity index is 1.85. The Bertz CT molecular complexity index is 936. The molecule has 0 radical (unpaired) electrons. The van der Waals surface area contributed by atoms with Gasteiger partial charge in [-0.15, -0.1) is 0 Å². The topological polar surface area (TPSA) is 55.6 Å². The molecular formula is C21H21ClN2O3. The lowest BCUT2D eigenvalue weighted by atomic mass is 10.1. The highest BCUT2D eigenvalue weighted by Gasteiger charge is 2.23. The molecule has 2 aromatic carbocycles. The second-order valence-electron chi connectivity index (χ2n) is 6.39. The van der Waals surface area contributed by atoms with Crippen LogP contribution in [0.1, 0.15) is 29.9 Å². The standard InChI is InChI=1S/C21H21ClN2O3/c1-14(2)24(21(25)16-8-4-6-10-18(16)22)13-15-12-20(27-23-15)17-9-5-7-11-19(17)26-3/h4-12,14H,13H2,1-3H3. The minimum absolute atomic E-state index is 0.0276. The lowest BCUT2D eigenvalue weighted by Crippen LogP contribution is -2.36. The highest BCUT2D eigenvalue weighted by atomic mass is 35.5. The summed E-state index contributed by atoms with van der Waals surface area (Å²) in [6.45, 7) is 4.23. The normalized spacial score (nSPS) is 10.9. The molecule has 0 saturated heterocycles. The minimum Gasteiger partial charge on any atom is -0.496 e. The fourth-order valence-electron chi connectivity index (χ4n) is 2.81. The van der Waals surface area contributed by atoms with E-state index in [9.17, 15) is 4.79 Å². The highest BCUT2D eigenvalue weighted by Crippen LogP contribution is 2.30. The highest BCUT2D eigenvalue weighted by molar-refractivity contribution is 6.33. The number of carbonyl (C=O) groups excluding carboxylic acids is 1. The number of halogens is 1. The number of rotatable bonds is 6. The van der Waals surface area contributed by atoms with Crippen LogP contribution < -0.4 is 4.74 Å². The van der Waals surface area contributed by atoms with E-state index in [0.29, 0.717) is 34.3 Å². The van der Waals surface area contributed by atoms with Gasteiger partial charge in [0, 0.05) is 12.1 Å². The number of methoxy groups -OCH3 is 1. The quantitative estimate of drug-likeness (QED) is 0.596. The van der Waals surface area contributed by atoms with Gasteiger partial charge in [-0.1, -0.05) is 41.0 Å². The molecule has 0 unspecified atom stereocenters. The Kier molecular flexibility index (Phi) is 5.81. The third-order valence-electron chi connectivity index (χ3n) is 4.25. The van der Waals surface area contributed by atoms with E-state index in [1.54, 1.807) is 36.3 Å². The van der Waals surface area contributed by atoms with E-state index in [0.717, 1.165) is 5.56 Å². The van der Waals surface area contributed by atoms with Crippen molar-refractivity contribution in [3.8, 4) is 17.1 Å². The SMILES string of the molecule is COc1ccccc1-c1cc(CN(C(=O)c2ccccc2Cl)C(C)C)no1. The first-order valence-corrected chi connectivity index (χ1v) is 9.03. The molecule has 0 aliphatic rings. The molecule has 1 aromatic heterocycles.